The fourth-order valence-electron chi connectivity index (χ4n) is 6.56. The van der Waals surface area contributed by atoms with Crippen LogP contribution >= 0.6 is 0 Å². The van der Waals surface area contributed by atoms with E-state index < -0.39 is 0 Å². The van der Waals surface area contributed by atoms with Crippen LogP contribution in [-0.4, -0.2) is 100 Å². The minimum Gasteiger partial charge on any atom is -0.466 e. The van der Waals surface area contributed by atoms with Gasteiger partial charge in [0, 0.05) is 70.8 Å². The monoisotopic (exact) mass is 926 g/mol. The van der Waals surface area contributed by atoms with Crippen molar-refractivity contribution in [3.63, 3.8) is 0 Å². The van der Waals surface area contributed by atoms with E-state index in [1.165, 1.54) is 0 Å². The first kappa shape index (κ1) is 62.9. The molecule has 0 unspecified atom stereocenters. The third-order valence-corrected chi connectivity index (χ3v) is 10.6. The normalized spacial score (nSPS) is 10.8. The zero-order valence-electron chi connectivity index (χ0n) is 42.6. The summed E-state index contributed by atoms with van der Waals surface area (Å²) in [4.78, 5) is 27.2. The molecule has 0 aliphatic carbocycles. The number of esters is 2. The van der Waals surface area contributed by atoms with Crippen LogP contribution in [0.3, 0.4) is 0 Å². The molecule has 1 N–H and O–H groups in total. The average Bonchev–Trinajstić information content (AvgIpc) is 3.31. The van der Waals surface area contributed by atoms with E-state index in [2.05, 4.69) is 80.0 Å². The Bertz CT molecular complexity index is 1190. The molecule has 0 aromatic heterocycles. The minimum absolute atomic E-state index is 0.146. The van der Waals surface area contributed by atoms with Crippen molar-refractivity contribution in [2.24, 2.45) is 0 Å². The molecule has 0 atom stereocenters. The van der Waals surface area contributed by atoms with Gasteiger partial charge in [0.15, 0.2) is 12.6 Å². The van der Waals surface area contributed by atoms with Crippen LogP contribution in [-0.2, 0) is 38.0 Å². The summed E-state index contributed by atoms with van der Waals surface area (Å²) in [6.45, 7) is 14.3. The number of aliphatic hydroxyl groups excluding tert-OH is 1. The van der Waals surface area contributed by atoms with E-state index in [0.717, 1.165) is 142 Å². The average molecular weight is 926 g/mol. The topological polar surface area (TPSA) is 113 Å². The van der Waals surface area contributed by atoms with Gasteiger partial charge >= 0.3 is 11.9 Å². The maximum Gasteiger partial charge on any atom is 0.305 e. The molecular formula is C56H95NO9. The second kappa shape index (κ2) is 52.9. The van der Waals surface area contributed by atoms with Crippen molar-refractivity contribution in [2.45, 2.75) is 233 Å². The van der Waals surface area contributed by atoms with Gasteiger partial charge in [0.25, 0.3) is 0 Å². The molecule has 378 valence electrons. The molecule has 66 heavy (non-hydrogen) atoms. The van der Waals surface area contributed by atoms with Gasteiger partial charge in [0.05, 0.1) is 46.2 Å². The summed E-state index contributed by atoms with van der Waals surface area (Å²) >= 11 is 0. The van der Waals surface area contributed by atoms with E-state index in [1.54, 1.807) is 0 Å². The standard InChI is InChI=1S/C56H95NO9/c1-5-9-13-17-23-33-49-63-55(64-50-34-24-18-14-10-6-2)41-37-39-53(59)61-47-31-27-21-29-43-57(45-46-58)44-30-22-28-32-48-62-54(60)40-38-42-56(65-51-35-25-19-15-11-7-3)66-52-36-26-20-16-12-8-4/h55-56,58H,5-16,21-22,27-52H2,1-4H3. The van der Waals surface area contributed by atoms with Gasteiger partial charge < -0.3 is 38.4 Å². The van der Waals surface area contributed by atoms with Crippen LogP contribution in [0.15, 0.2) is 0 Å². The molecule has 0 heterocycles. The van der Waals surface area contributed by atoms with Gasteiger partial charge in [-0.2, -0.15) is 0 Å². The summed E-state index contributed by atoms with van der Waals surface area (Å²) in [5, 5.41) is 9.61. The molecule has 0 rings (SSSR count). The number of hydrogen-bond donors (Lipinski definition) is 1. The molecule has 0 spiro atoms. The number of rotatable bonds is 44. The second-order valence-electron chi connectivity index (χ2n) is 16.8. The molecule has 0 aromatic carbocycles. The number of nitrogens with zero attached hydrogens (tertiary/aromatic N) is 1. The Morgan fingerprint density at radius 2 is 0.712 bits per heavy atom. The van der Waals surface area contributed by atoms with Gasteiger partial charge in [-0.25, -0.2) is 0 Å². The van der Waals surface area contributed by atoms with Gasteiger partial charge in [-0.05, 0) is 90.1 Å². The first-order chi connectivity index (χ1) is 32.5. The van der Waals surface area contributed by atoms with Crippen molar-refractivity contribution in [3.8, 4) is 47.4 Å². The third-order valence-electron chi connectivity index (χ3n) is 10.6. The van der Waals surface area contributed by atoms with E-state index in [-0.39, 0.29) is 31.1 Å². The van der Waals surface area contributed by atoms with Crippen molar-refractivity contribution in [2.75, 3.05) is 65.9 Å². The highest BCUT2D eigenvalue weighted by molar-refractivity contribution is 5.69. The molecular weight excluding hydrogens is 831 g/mol. The molecule has 0 fully saturated rings. The van der Waals surface area contributed by atoms with Crippen LogP contribution in [0.5, 0.6) is 0 Å². The number of aliphatic hydroxyl groups is 1. The van der Waals surface area contributed by atoms with Crippen LogP contribution < -0.4 is 0 Å². The molecule has 0 saturated carbocycles. The SMILES string of the molecule is CCCCC#CCCOC(CCCC(=O)OCCCCCCN(CCO)CCCCCCOC(=O)CCCC(OCCC#CCCCC)OCCC#CCCCC)OCCC#CCCCC. The molecule has 0 aliphatic rings. The van der Waals surface area contributed by atoms with E-state index in [0.29, 0.717) is 110 Å². The van der Waals surface area contributed by atoms with Gasteiger partial charge in [0.1, 0.15) is 0 Å². The molecule has 0 aliphatic heterocycles. The van der Waals surface area contributed by atoms with Crippen molar-refractivity contribution in [1.29, 1.82) is 0 Å². The number of unbranched alkanes of at least 4 members (excludes halogenated alkanes) is 14. The van der Waals surface area contributed by atoms with E-state index in [9.17, 15) is 14.7 Å². The minimum atomic E-state index is -0.370. The van der Waals surface area contributed by atoms with E-state index >= 15 is 0 Å². The molecule has 10 nitrogen and oxygen atoms in total. The lowest BCUT2D eigenvalue weighted by Crippen LogP contribution is -2.29. The Balaban J connectivity index is 4.22. The summed E-state index contributed by atoms with van der Waals surface area (Å²) in [6.07, 6.45) is 25.8. The predicted octanol–water partition coefficient (Wildman–Crippen LogP) is 11.9. The highest BCUT2D eigenvalue weighted by Gasteiger charge is 2.13. The van der Waals surface area contributed by atoms with Crippen LogP contribution in [0, 0.1) is 47.4 Å². The van der Waals surface area contributed by atoms with Crippen molar-refractivity contribution in [1.82, 2.24) is 4.90 Å². The smallest absolute Gasteiger partial charge is 0.305 e. The number of ether oxygens (including phenoxy) is 6. The Morgan fingerprint density at radius 3 is 1.03 bits per heavy atom. The lowest BCUT2D eigenvalue weighted by atomic mass is 10.1. The van der Waals surface area contributed by atoms with Crippen molar-refractivity contribution >= 4 is 11.9 Å². The zero-order valence-corrected chi connectivity index (χ0v) is 42.6. The molecule has 0 radical (unpaired) electrons. The first-order valence-electron chi connectivity index (χ1n) is 26.4. The van der Waals surface area contributed by atoms with E-state index in [4.69, 9.17) is 28.4 Å². The summed E-state index contributed by atoms with van der Waals surface area (Å²) in [5.74, 6) is 25.1. The molecule has 0 bridgehead atoms. The number of hydrogen-bond acceptors (Lipinski definition) is 10. The summed E-state index contributed by atoms with van der Waals surface area (Å²) in [5.41, 5.74) is 0. The molecule has 0 aromatic rings. The van der Waals surface area contributed by atoms with Gasteiger partial charge in [-0.1, -0.05) is 79.1 Å². The van der Waals surface area contributed by atoms with Crippen LogP contribution in [0.25, 0.3) is 0 Å². The van der Waals surface area contributed by atoms with Gasteiger partial charge in [-0.15, -0.1) is 47.4 Å². The predicted molar refractivity (Wildman–Crippen MR) is 269 cm³/mol. The number of carbonyl (C=O) groups is 2. The summed E-state index contributed by atoms with van der Waals surface area (Å²) < 4.78 is 34.9. The maximum atomic E-state index is 12.4. The quantitative estimate of drug-likeness (QED) is 0.0274. The van der Waals surface area contributed by atoms with Crippen molar-refractivity contribution < 1.29 is 43.1 Å². The first-order valence-corrected chi connectivity index (χ1v) is 26.4. The highest BCUT2D eigenvalue weighted by Crippen LogP contribution is 2.12. The van der Waals surface area contributed by atoms with Crippen molar-refractivity contribution in [3.05, 3.63) is 0 Å². The largest absolute Gasteiger partial charge is 0.466 e. The van der Waals surface area contributed by atoms with Gasteiger partial charge in [-0.3, -0.25) is 9.59 Å². The highest BCUT2D eigenvalue weighted by atomic mass is 16.7. The lowest BCUT2D eigenvalue weighted by Gasteiger charge is -2.21. The second-order valence-corrected chi connectivity index (χ2v) is 16.8. The molecule has 0 saturated heterocycles. The fraction of sp³-hybridized carbons (Fsp3) is 0.821. The summed E-state index contributed by atoms with van der Waals surface area (Å²) in [6, 6.07) is 0. The Kier molecular flexibility index (Phi) is 50.4. The third kappa shape index (κ3) is 47.4. The van der Waals surface area contributed by atoms with Crippen LogP contribution in [0.2, 0.25) is 0 Å². The number of carbonyl (C=O) groups excluding carboxylic acids is 2. The Labute approximate surface area is 404 Å². The lowest BCUT2D eigenvalue weighted by molar-refractivity contribution is -0.150. The molecule has 0 amide bonds. The fourth-order valence-corrected chi connectivity index (χ4v) is 6.56. The zero-order chi connectivity index (χ0) is 48.1. The Morgan fingerprint density at radius 1 is 0.394 bits per heavy atom. The van der Waals surface area contributed by atoms with E-state index in [1.807, 2.05) is 0 Å². The Hall–Kier alpha value is -3.06. The van der Waals surface area contributed by atoms with Crippen LogP contribution in [0.1, 0.15) is 220 Å². The molecule has 10 heteroatoms. The summed E-state index contributed by atoms with van der Waals surface area (Å²) in [7, 11) is 0. The maximum absolute atomic E-state index is 12.4. The van der Waals surface area contributed by atoms with Gasteiger partial charge in [0.2, 0.25) is 0 Å². The van der Waals surface area contributed by atoms with Crippen LogP contribution in [0.4, 0.5) is 0 Å².